The molecule has 1 aliphatic rings. The van der Waals surface area contributed by atoms with E-state index in [1.807, 2.05) is 36.4 Å². The van der Waals surface area contributed by atoms with Crippen LogP contribution in [0.3, 0.4) is 0 Å². The molecule has 0 saturated carbocycles. The second-order valence-corrected chi connectivity index (χ2v) is 7.59. The van der Waals surface area contributed by atoms with Gasteiger partial charge >= 0.3 is 6.18 Å². The standard InChI is InChI=1S/C20H19ClF3N/c1-19(2,3)25-17(13-7-5-4-6-8-13)11-14-9-10-15(21)12-16(14)18(25)20(22,23)24/h4-12,18H,1-3H3. The van der Waals surface area contributed by atoms with E-state index in [0.717, 1.165) is 5.56 Å². The number of benzene rings is 2. The molecule has 0 amide bonds. The molecule has 1 nitrogen and oxygen atoms in total. The molecule has 5 heteroatoms. The minimum Gasteiger partial charge on any atom is -0.351 e. The van der Waals surface area contributed by atoms with E-state index in [-0.39, 0.29) is 5.56 Å². The Labute approximate surface area is 150 Å². The Morgan fingerprint density at radius 1 is 0.960 bits per heavy atom. The van der Waals surface area contributed by atoms with Gasteiger partial charge in [-0.2, -0.15) is 13.2 Å². The Bertz CT molecular complexity index is 804. The third-order valence-electron chi connectivity index (χ3n) is 4.26. The van der Waals surface area contributed by atoms with Crippen LogP contribution in [0.4, 0.5) is 13.2 Å². The Morgan fingerprint density at radius 2 is 1.60 bits per heavy atom. The molecule has 0 bridgehead atoms. The van der Waals surface area contributed by atoms with Crippen molar-refractivity contribution in [1.82, 2.24) is 4.90 Å². The minimum absolute atomic E-state index is 0.189. The first-order chi connectivity index (χ1) is 11.6. The van der Waals surface area contributed by atoms with Gasteiger partial charge in [-0.15, -0.1) is 0 Å². The van der Waals surface area contributed by atoms with Gasteiger partial charge in [0.1, 0.15) is 0 Å². The van der Waals surface area contributed by atoms with Crippen molar-refractivity contribution in [3.8, 4) is 0 Å². The van der Waals surface area contributed by atoms with Crippen LogP contribution in [0.5, 0.6) is 0 Å². The summed E-state index contributed by atoms with van der Waals surface area (Å²) in [6, 6.07) is 12.1. The van der Waals surface area contributed by atoms with Gasteiger partial charge < -0.3 is 4.90 Å². The maximum absolute atomic E-state index is 14.1. The molecule has 0 fully saturated rings. The summed E-state index contributed by atoms with van der Waals surface area (Å²) >= 11 is 6.00. The molecule has 2 aromatic rings. The zero-order chi connectivity index (χ0) is 18.4. The van der Waals surface area contributed by atoms with Crippen LogP contribution < -0.4 is 0 Å². The average molecular weight is 366 g/mol. The van der Waals surface area contributed by atoms with E-state index in [0.29, 0.717) is 16.3 Å². The first kappa shape index (κ1) is 17.9. The molecule has 0 spiro atoms. The summed E-state index contributed by atoms with van der Waals surface area (Å²) in [5.41, 5.74) is 1.32. The Morgan fingerprint density at radius 3 is 2.16 bits per heavy atom. The molecule has 0 radical (unpaired) electrons. The topological polar surface area (TPSA) is 3.24 Å². The summed E-state index contributed by atoms with van der Waals surface area (Å²) in [4.78, 5) is 1.45. The van der Waals surface area contributed by atoms with Gasteiger partial charge in [0.05, 0.1) is 0 Å². The van der Waals surface area contributed by atoms with Gasteiger partial charge in [-0.1, -0.05) is 48.0 Å². The maximum atomic E-state index is 14.1. The lowest BCUT2D eigenvalue weighted by Crippen LogP contribution is -2.49. The lowest BCUT2D eigenvalue weighted by Gasteiger charge is -2.48. The highest BCUT2D eigenvalue weighted by Gasteiger charge is 2.51. The third kappa shape index (κ3) is 3.40. The van der Waals surface area contributed by atoms with Gasteiger partial charge in [0.25, 0.3) is 0 Å². The molecule has 1 heterocycles. The highest BCUT2D eigenvalue weighted by molar-refractivity contribution is 6.30. The molecular formula is C20H19ClF3N. The van der Waals surface area contributed by atoms with Gasteiger partial charge in [-0.05, 0) is 55.7 Å². The third-order valence-corrected chi connectivity index (χ3v) is 4.49. The monoisotopic (exact) mass is 365 g/mol. The first-order valence-corrected chi connectivity index (χ1v) is 8.39. The summed E-state index contributed by atoms with van der Waals surface area (Å²) in [7, 11) is 0. The van der Waals surface area contributed by atoms with Crippen LogP contribution in [0, 0.1) is 0 Å². The minimum atomic E-state index is -4.43. The molecule has 0 saturated heterocycles. The Kier molecular flexibility index (Phi) is 4.36. The van der Waals surface area contributed by atoms with E-state index in [1.165, 1.54) is 11.0 Å². The van der Waals surface area contributed by atoms with Crippen molar-refractivity contribution in [2.75, 3.05) is 0 Å². The fraction of sp³-hybridized carbons (Fsp3) is 0.300. The predicted octanol–water partition coefficient (Wildman–Crippen LogP) is 6.56. The van der Waals surface area contributed by atoms with Gasteiger partial charge in [0.2, 0.25) is 0 Å². The molecule has 2 aromatic carbocycles. The molecule has 1 atom stereocenters. The zero-order valence-corrected chi connectivity index (χ0v) is 15.0. The normalized spacial score (nSPS) is 18.0. The summed E-state index contributed by atoms with van der Waals surface area (Å²) in [5.74, 6) is 0. The number of alkyl halides is 3. The molecular weight excluding hydrogens is 347 g/mol. The fourth-order valence-electron chi connectivity index (χ4n) is 3.31. The van der Waals surface area contributed by atoms with E-state index in [2.05, 4.69) is 0 Å². The van der Waals surface area contributed by atoms with E-state index in [9.17, 15) is 13.2 Å². The summed E-state index contributed by atoms with van der Waals surface area (Å²) in [6.07, 6.45) is -2.62. The summed E-state index contributed by atoms with van der Waals surface area (Å²) < 4.78 is 42.3. The lowest BCUT2D eigenvalue weighted by molar-refractivity contribution is -0.187. The van der Waals surface area contributed by atoms with Crippen molar-refractivity contribution in [1.29, 1.82) is 0 Å². The maximum Gasteiger partial charge on any atom is 0.413 e. The first-order valence-electron chi connectivity index (χ1n) is 8.01. The number of halogens is 4. The van der Waals surface area contributed by atoms with Crippen LogP contribution in [0.2, 0.25) is 5.02 Å². The van der Waals surface area contributed by atoms with Crippen molar-refractivity contribution >= 4 is 23.4 Å². The Balaban J connectivity index is 2.31. The van der Waals surface area contributed by atoms with Crippen molar-refractivity contribution in [2.45, 2.75) is 38.5 Å². The quantitative estimate of drug-likeness (QED) is 0.553. The molecule has 0 aliphatic carbocycles. The van der Waals surface area contributed by atoms with Crippen LogP contribution in [-0.4, -0.2) is 16.6 Å². The number of nitrogens with zero attached hydrogens (tertiary/aromatic N) is 1. The largest absolute Gasteiger partial charge is 0.413 e. The number of fused-ring (bicyclic) bond motifs is 1. The van der Waals surface area contributed by atoms with Gasteiger partial charge in [-0.3, -0.25) is 0 Å². The molecule has 25 heavy (non-hydrogen) atoms. The van der Waals surface area contributed by atoms with Crippen molar-refractivity contribution in [3.05, 3.63) is 70.2 Å². The second kappa shape index (κ2) is 6.10. The SMILES string of the molecule is CC(C)(C)N1C(c2ccccc2)=Cc2ccc(Cl)cc2C1C(F)(F)F. The van der Waals surface area contributed by atoms with Gasteiger partial charge in [-0.25, -0.2) is 0 Å². The van der Waals surface area contributed by atoms with E-state index < -0.39 is 17.8 Å². The second-order valence-electron chi connectivity index (χ2n) is 7.15. The molecule has 1 aliphatic heterocycles. The zero-order valence-electron chi connectivity index (χ0n) is 14.2. The van der Waals surface area contributed by atoms with Crippen LogP contribution >= 0.6 is 11.6 Å². The van der Waals surface area contributed by atoms with Crippen LogP contribution in [0.15, 0.2) is 48.5 Å². The molecule has 1 unspecified atom stereocenters. The number of hydrogen-bond donors (Lipinski definition) is 0. The number of rotatable bonds is 1. The van der Waals surface area contributed by atoms with E-state index in [1.54, 1.807) is 32.9 Å². The molecule has 132 valence electrons. The average Bonchev–Trinajstić information content (AvgIpc) is 2.52. The summed E-state index contributed by atoms with van der Waals surface area (Å²) in [5, 5.41) is 0.304. The lowest BCUT2D eigenvalue weighted by atomic mass is 9.87. The van der Waals surface area contributed by atoms with Crippen LogP contribution in [0.1, 0.15) is 43.5 Å². The molecule has 0 aromatic heterocycles. The van der Waals surface area contributed by atoms with E-state index in [4.69, 9.17) is 11.6 Å². The van der Waals surface area contributed by atoms with E-state index >= 15 is 0 Å². The van der Waals surface area contributed by atoms with Crippen molar-refractivity contribution < 1.29 is 13.2 Å². The number of hydrogen-bond acceptors (Lipinski definition) is 1. The smallest absolute Gasteiger partial charge is 0.351 e. The van der Waals surface area contributed by atoms with Crippen molar-refractivity contribution in [2.24, 2.45) is 0 Å². The highest BCUT2D eigenvalue weighted by Crippen LogP contribution is 2.50. The Hall–Kier alpha value is -1.94. The molecule has 3 rings (SSSR count). The fourth-order valence-corrected chi connectivity index (χ4v) is 3.49. The summed E-state index contributed by atoms with van der Waals surface area (Å²) in [6.45, 7) is 5.37. The highest BCUT2D eigenvalue weighted by atomic mass is 35.5. The van der Waals surface area contributed by atoms with Crippen LogP contribution in [-0.2, 0) is 0 Å². The molecule has 0 N–H and O–H groups in total. The van der Waals surface area contributed by atoms with Gasteiger partial charge in [0, 0.05) is 16.3 Å². The predicted molar refractivity (Wildman–Crippen MR) is 96.2 cm³/mol. The van der Waals surface area contributed by atoms with Gasteiger partial charge in [0.15, 0.2) is 6.04 Å². The van der Waals surface area contributed by atoms with Crippen molar-refractivity contribution in [3.63, 3.8) is 0 Å². The van der Waals surface area contributed by atoms with Crippen LogP contribution in [0.25, 0.3) is 11.8 Å².